The lowest BCUT2D eigenvalue weighted by Gasteiger charge is -2.00. The van der Waals surface area contributed by atoms with Crippen LogP contribution in [0.3, 0.4) is 0 Å². The Morgan fingerprint density at radius 1 is 1.27 bits per heavy atom. The molecular formula is C10H13F. The second kappa shape index (κ2) is 4.12. The van der Waals surface area contributed by atoms with E-state index in [1.54, 1.807) is 6.92 Å². The van der Waals surface area contributed by atoms with Crippen LogP contribution in [0.4, 0.5) is 4.39 Å². The Morgan fingerprint density at radius 2 is 1.91 bits per heavy atom. The summed E-state index contributed by atoms with van der Waals surface area (Å²) in [6, 6.07) is 10.0. The van der Waals surface area contributed by atoms with Crippen LogP contribution in [0.1, 0.15) is 18.9 Å². The minimum absolute atomic E-state index is 0.629. The molecule has 1 rings (SSSR count). The quantitative estimate of drug-likeness (QED) is 0.624. The number of hydrogen-bond donors (Lipinski definition) is 0. The first kappa shape index (κ1) is 8.25. The summed E-state index contributed by atoms with van der Waals surface area (Å²) in [7, 11) is 0. The lowest BCUT2D eigenvalue weighted by Crippen LogP contribution is -1.95. The van der Waals surface area contributed by atoms with Gasteiger partial charge in [-0.25, -0.2) is 4.39 Å². The van der Waals surface area contributed by atoms with Crippen LogP contribution < -0.4 is 0 Å². The van der Waals surface area contributed by atoms with Crippen molar-refractivity contribution in [2.24, 2.45) is 0 Å². The van der Waals surface area contributed by atoms with Gasteiger partial charge in [-0.2, -0.15) is 0 Å². The molecule has 0 spiro atoms. The van der Waals surface area contributed by atoms with E-state index >= 15 is 0 Å². The second-order valence-corrected chi connectivity index (χ2v) is 2.81. The van der Waals surface area contributed by atoms with Crippen LogP contribution in [0.25, 0.3) is 0 Å². The average Bonchev–Trinajstić information content (AvgIpc) is 2.03. The molecule has 11 heavy (non-hydrogen) atoms. The summed E-state index contributed by atoms with van der Waals surface area (Å²) in [6.07, 6.45) is 0.790. The zero-order chi connectivity index (χ0) is 8.10. The summed E-state index contributed by atoms with van der Waals surface area (Å²) < 4.78 is 12.4. The minimum Gasteiger partial charge on any atom is -0.248 e. The minimum atomic E-state index is -0.685. The monoisotopic (exact) mass is 152 g/mol. The molecule has 0 aliphatic rings. The van der Waals surface area contributed by atoms with Crippen molar-refractivity contribution in [3.63, 3.8) is 0 Å². The van der Waals surface area contributed by atoms with Gasteiger partial charge in [0.1, 0.15) is 0 Å². The van der Waals surface area contributed by atoms with Gasteiger partial charge in [0.25, 0.3) is 0 Å². The molecule has 0 amide bonds. The predicted octanol–water partition coefficient (Wildman–Crippen LogP) is 2.98. The van der Waals surface area contributed by atoms with Crippen molar-refractivity contribution in [1.29, 1.82) is 0 Å². The first-order chi connectivity index (χ1) is 5.29. The van der Waals surface area contributed by atoms with Crippen LogP contribution in [0.5, 0.6) is 0 Å². The van der Waals surface area contributed by atoms with Crippen molar-refractivity contribution in [3.8, 4) is 0 Å². The fourth-order valence-corrected chi connectivity index (χ4v) is 1.01. The summed E-state index contributed by atoms with van der Waals surface area (Å²) in [5, 5.41) is 0. The third-order valence-corrected chi connectivity index (χ3v) is 1.67. The molecule has 0 aliphatic heterocycles. The molecule has 60 valence electrons. The largest absolute Gasteiger partial charge is 0.248 e. The highest BCUT2D eigenvalue weighted by Gasteiger charge is 1.97. The average molecular weight is 152 g/mol. The van der Waals surface area contributed by atoms with Gasteiger partial charge in [0.05, 0.1) is 6.17 Å². The van der Waals surface area contributed by atoms with Crippen molar-refractivity contribution in [2.75, 3.05) is 0 Å². The first-order valence-electron chi connectivity index (χ1n) is 3.97. The maximum absolute atomic E-state index is 12.4. The summed E-state index contributed by atoms with van der Waals surface area (Å²) in [5.41, 5.74) is 1.22. The van der Waals surface area contributed by atoms with Crippen LogP contribution >= 0.6 is 0 Å². The summed E-state index contributed by atoms with van der Waals surface area (Å²) in [6.45, 7) is 1.60. The molecule has 0 nitrogen and oxygen atoms in total. The normalized spacial score (nSPS) is 12.9. The Balaban J connectivity index is 2.39. The lowest BCUT2D eigenvalue weighted by atomic mass is 10.1. The molecule has 0 saturated heterocycles. The van der Waals surface area contributed by atoms with Crippen LogP contribution in [0.2, 0.25) is 0 Å². The van der Waals surface area contributed by atoms with Crippen molar-refractivity contribution >= 4 is 0 Å². The molecule has 1 atom stereocenters. The maximum atomic E-state index is 12.4. The fourth-order valence-electron chi connectivity index (χ4n) is 1.01. The molecule has 0 bridgehead atoms. The molecule has 1 aromatic rings. The van der Waals surface area contributed by atoms with Crippen molar-refractivity contribution in [1.82, 2.24) is 0 Å². The molecule has 0 heterocycles. The van der Waals surface area contributed by atoms with Crippen LogP contribution in [0, 0.1) is 0 Å². The number of hydrogen-bond acceptors (Lipinski definition) is 0. The smallest absolute Gasteiger partial charge is 0.0976 e. The van der Waals surface area contributed by atoms with Gasteiger partial charge in [-0.1, -0.05) is 30.3 Å². The Labute approximate surface area is 67.1 Å². The molecule has 0 fully saturated rings. The Kier molecular flexibility index (Phi) is 3.09. The van der Waals surface area contributed by atoms with Gasteiger partial charge in [-0.15, -0.1) is 0 Å². The maximum Gasteiger partial charge on any atom is 0.0976 e. The van der Waals surface area contributed by atoms with Gasteiger partial charge in [0.2, 0.25) is 0 Å². The van der Waals surface area contributed by atoms with Gasteiger partial charge in [0, 0.05) is 0 Å². The zero-order valence-corrected chi connectivity index (χ0v) is 6.76. The standard InChI is InChI=1S/C10H13F/c1-9(11)7-8-10-5-3-2-4-6-10/h2-6,9H,7-8H2,1H3. The summed E-state index contributed by atoms with van der Waals surface area (Å²) >= 11 is 0. The molecule has 1 heteroatoms. The Hall–Kier alpha value is -0.850. The molecule has 1 unspecified atom stereocenters. The van der Waals surface area contributed by atoms with Gasteiger partial charge >= 0.3 is 0 Å². The number of benzene rings is 1. The number of alkyl halides is 1. The van der Waals surface area contributed by atoms with E-state index in [9.17, 15) is 4.39 Å². The van der Waals surface area contributed by atoms with Crippen LogP contribution in [-0.2, 0) is 6.42 Å². The Bertz CT molecular complexity index is 191. The van der Waals surface area contributed by atoms with E-state index in [-0.39, 0.29) is 0 Å². The Morgan fingerprint density at radius 3 is 2.45 bits per heavy atom. The molecule has 0 radical (unpaired) electrons. The number of rotatable bonds is 3. The highest BCUT2D eigenvalue weighted by molar-refractivity contribution is 5.14. The number of aryl methyl sites for hydroxylation is 1. The first-order valence-corrected chi connectivity index (χ1v) is 3.97. The van der Waals surface area contributed by atoms with E-state index in [2.05, 4.69) is 0 Å². The van der Waals surface area contributed by atoms with E-state index in [1.807, 2.05) is 30.3 Å². The topological polar surface area (TPSA) is 0 Å². The zero-order valence-electron chi connectivity index (χ0n) is 6.76. The van der Waals surface area contributed by atoms with Crippen LogP contribution in [0.15, 0.2) is 30.3 Å². The van der Waals surface area contributed by atoms with Crippen LogP contribution in [-0.4, -0.2) is 6.17 Å². The predicted molar refractivity (Wildman–Crippen MR) is 45.3 cm³/mol. The third-order valence-electron chi connectivity index (χ3n) is 1.67. The molecule has 0 N–H and O–H groups in total. The van der Waals surface area contributed by atoms with Gasteiger partial charge in [-0.05, 0) is 25.3 Å². The fraction of sp³-hybridized carbons (Fsp3) is 0.400. The van der Waals surface area contributed by atoms with Gasteiger partial charge < -0.3 is 0 Å². The molecule has 0 saturated carbocycles. The van der Waals surface area contributed by atoms with Crippen molar-refractivity contribution in [3.05, 3.63) is 35.9 Å². The van der Waals surface area contributed by atoms with Gasteiger partial charge in [-0.3, -0.25) is 0 Å². The molecule has 0 aromatic heterocycles. The van der Waals surface area contributed by atoms with E-state index in [4.69, 9.17) is 0 Å². The third kappa shape index (κ3) is 3.17. The van der Waals surface area contributed by atoms with E-state index in [1.165, 1.54) is 5.56 Å². The van der Waals surface area contributed by atoms with Crippen molar-refractivity contribution in [2.45, 2.75) is 25.9 Å². The van der Waals surface area contributed by atoms with E-state index in [0.29, 0.717) is 6.42 Å². The number of halogens is 1. The SMILES string of the molecule is CC(F)CCc1ccccc1. The molecular weight excluding hydrogens is 139 g/mol. The molecule has 0 aliphatic carbocycles. The van der Waals surface area contributed by atoms with E-state index in [0.717, 1.165) is 6.42 Å². The summed E-state index contributed by atoms with van der Waals surface area (Å²) in [5.74, 6) is 0. The highest BCUT2D eigenvalue weighted by atomic mass is 19.1. The van der Waals surface area contributed by atoms with Crippen molar-refractivity contribution < 1.29 is 4.39 Å². The lowest BCUT2D eigenvalue weighted by molar-refractivity contribution is 0.341. The highest BCUT2D eigenvalue weighted by Crippen LogP contribution is 2.05. The van der Waals surface area contributed by atoms with Gasteiger partial charge in [0.15, 0.2) is 0 Å². The second-order valence-electron chi connectivity index (χ2n) is 2.81. The van der Waals surface area contributed by atoms with E-state index < -0.39 is 6.17 Å². The molecule has 1 aromatic carbocycles. The summed E-state index contributed by atoms with van der Waals surface area (Å²) in [4.78, 5) is 0.